The van der Waals surface area contributed by atoms with E-state index in [9.17, 15) is 13.2 Å². The summed E-state index contributed by atoms with van der Waals surface area (Å²) in [6.07, 6.45) is 1.66. The number of para-hydroxylation sites is 1. The summed E-state index contributed by atoms with van der Waals surface area (Å²) in [6.45, 7) is 2.56. The van der Waals surface area contributed by atoms with Crippen molar-refractivity contribution in [3.05, 3.63) is 95.6 Å². The van der Waals surface area contributed by atoms with Gasteiger partial charge in [-0.05, 0) is 49.6 Å². The molecule has 3 aromatic rings. The molecular formula is C23H24N2O3S. The molecule has 0 unspecified atom stereocenters. The van der Waals surface area contributed by atoms with E-state index in [0.717, 1.165) is 12.8 Å². The Morgan fingerprint density at radius 3 is 2.38 bits per heavy atom. The molecule has 0 aromatic heterocycles. The molecule has 29 heavy (non-hydrogen) atoms. The van der Waals surface area contributed by atoms with Gasteiger partial charge in [-0.25, -0.2) is 8.42 Å². The van der Waals surface area contributed by atoms with Crippen LogP contribution in [0.4, 0.5) is 5.69 Å². The van der Waals surface area contributed by atoms with E-state index in [4.69, 9.17) is 0 Å². The molecule has 0 spiro atoms. The number of hydrogen-bond acceptors (Lipinski definition) is 3. The van der Waals surface area contributed by atoms with Gasteiger partial charge < -0.3 is 5.32 Å². The monoisotopic (exact) mass is 408 g/mol. The molecule has 0 aliphatic carbocycles. The number of aryl methyl sites for hydroxylation is 2. The third-order valence-corrected chi connectivity index (χ3v) is 5.86. The number of carbonyl (C=O) groups excluding carboxylic acids is 1. The number of sulfonamides is 1. The number of nitrogens with one attached hydrogen (secondary N) is 2. The SMILES string of the molecule is Cc1cccc(CCCNC(=O)c2ccccc2NS(=O)(=O)c2ccccc2)c1. The molecule has 1 amide bonds. The van der Waals surface area contributed by atoms with Crippen LogP contribution in [0.3, 0.4) is 0 Å². The Labute approximate surface area is 171 Å². The normalized spacial score (nSPS) is 11.1. The summed E-state index contributed by atoms with van der Waals surface area (Å²) >= 11 is 0. The Morgan fingerprint density at radius 1 is 0.897 bits per heavy atom. The van der Waals surface area contributed by atoms with Crippen molar-refractivity contribution in [3.8, 4) is 0 Å². The second-order valence-electron chi connectivity index (χ2n) is 6.81. The summed E-state index contributed by atoms with van der Waals surface area (Å²) in [5.74, 6) is -0.305. The van der Waals surface area contributed by atoms with Crippen molar-refractivity contribution >= 4 is 21.6 Å². The van der Waals surface area contributed by atoms with Crippen LogP contribution in [-0.2, 0) is 16.4 Å². The van der Waals surface area contributed by atoms with Crippen molar-refractivity contribution in [1.82, 2.24) is 5.32 Å². The first-order valence-corrected chi connectivity index (χ1v) is 10.9. The van der Waals surface area contributed by atoms with Crippen molar-refractivity contribution in [2.75, 3.05) is 11.3 Å². The molecule has 0 aliphatic heterocycles. The summed E-state index contributed by atoms with van der Waals surface area (Å²) in [6, 6.07) is 23.0. The Balaban J connectivity index is 1.63. The minimum absolute atomic E-state index is 0.147. The van der Waals surface area contributed by atoms with Crippen molar-refractivity contribution in [2.45, 2.75) is 24.7 Å². The predicted molar refractivity (Wildman–Crippen MR) is 116 cm³/mol. The Hall–Kier alpha value is -3.12. The Morgan fingerprint density at radius 2 is 1.62 bits per heavy atom. The fraction of sp³-hybridized carbons (Fsp3) is 0.174. The molecule has 0 atom stereocenters. The molecule has 0 radical (unpaired) electrons. The van der Waals surface area contributed by atoms with E-state index in [2.05, 4.69) is 35.2 Å². The van der Waals surface area contributed by atoms with Gasteiger partial charge in [0.25, 0.3) is 15.9 Å². The number of rotatable bonds is 8. The van der Waals surface area contributed by atoms with Gasteiger partial charge in [-0.2, -0.15) is 0 Å². The van der Waals surface area contributed by atoms with E-state index in [-0.39, 0.29) is 16.5 Å². The largest absolute Gasteiger partial charge is 0.352 e. The smallest absolute Gasteiger partial charge is 0.261 e. The fourth-order valence-electron chi connectivity index (χ4n) is 3.03. The minimum atomic E-state index is -3.76. The van der Waals surface area contributed by atoms with Gasteiger partial charge in [0, 0.05) is 6.54 Å². The quantitative estimate of drug-likeness (QED) is 0.550. The molecule has 3 rings (SSSR count). The summed E-state index contributed by atoms with van der Waals surface area (Å²) in [5.41, 5.74) is 3.00. The van der Waals surface area contributed by atoms with Crippen molar-refractivity contribution in [2.24, 2.45) is 0 Å². The minimum Gasteiger partial charge on any atom is -0.352 e. The predicted octanol–water partition coefficient (Wildman–Crippen LogP) is 4.16. The molecule has 2 N–H and O–H groups in total. The van der Waals surface area contributed by atoms with Gasteiger partial charge in [-0.15, -0.1) is 0 Å². The maximum absolute atomic E-state index is 12.6. The lowest BCUT2D eigenvalue weighted by atomic mass is 10.1. The van der Waals surface area contributed by atoms with Gasteiger partial charge in [0.1, 0.15) is 0 Å². The number of amides is 1. The van der Waals surface area contributed by atoms with Crippen LogP contribution in [0.15, 0.2) is 83.8 Å². The molecule has 0 saturated carbocycles. The standard InChI is InChI=1S/C23H24N2O3S/c1-18-9-7-10-19(17-18)11-8-16-24-23(26)21-14-5-6-15-22(21)25-29(27,28)20-12-3-2-4-13-20/h2-7,9-10,12-15,17,25H,8,11,16H2,1H3,(H,24,26). The maximum Gasteiger partial charge on any atom is 0.261 e. The number of benzene rings is 3. The molecule has 0 fully saturated rings. The third kappa shape index (κ3) is 5.68. The highest BCUT2D eigenvalue weighted by Crippen LogP contribution is 2.20. The lowest BCUT2D eigenvalue weighted by Crippen LogP contribution is -2.26. The molecular weight excluding hydrogens is 384 g/mol. The molecule has 0 saturated heterocycles. The molecule has 0 bridgehead atoms. The van der Waals surface area contributed by atoms with Crippen LogP contribution >= 0.6 is 0 Å². The van der Waals surface area contributed by atoms with E-state index >= 15 is 0 Å². The van der Waals surface area contributed by atoms with E-state index in [1.54, 1.807) is 42.5 Å². The molecule has 150 valence electrons. The molecule has 0 aliphatic rings. The second-order valence-corrected chi connectivity index (χ2v) is 8.50. The summed E-state index contributed by atoms with van der Waals surface area (Å²) in [5, 5.41) is 2.88. The third-order valence-electron chi connectivity index (χ3n) is 4.48. The van der Waals surface area contributed by atoms with E-state index in [1.807, 2.05) is 6.07 Å². The maximum atomic E-state index is 12.6. The first-order chi connectivity index (χ1) is 14.0. The van der Waals surface area contributed by atoms with Gasteiger partial charge in [0.2, 0.25) is 0 Å². The lowest BCUT2D eigenvalue weighted by Gasteiger charge is -2.13. The van der Waals surface area contributed by atoms with E-state index in [0.29, 0.717) is 12.1 Å². The average Bonchev–Trinajstić information content (AvgIpc) is 2.72. The molecule has 0 heterocycles. The molecule has 3 aromatic carbocycles. The van der Waals surface area contributed by atoms with Gasteiger partial charge in [-0.3, -0.25) is 9.52 Å². The molecule has 5 nitrogen and oxygen atoms in total. The van der Waals surface area contributed by atoms with Crippen molar-refractivity contribution < 1.29 is 13.2 Å². The zero-order valence-corrected chi connectivity index (χ0v) is 17.1. The van der Waals surface area contributed by atoms with Crippen LogP contribution in [0.5, 0.6) is 0 Å². The first kappa shape index (κ1) is 20.6. The summed E-state index contributed by atoms with van der Waals surface area (Å²) in [4.78, 5) is 12.8. The van der Waals surface area contributed by atoms with Crippen LogP contribution in [-0.4, -0.2) is 20.9 Å². The fourth-order valence-corrected chi connectivity index (χ4v) is 4.13. The first-order valence-electron chi connectivity index (χ1n) is 9.46. The van der Waals surface area contributed by atoms with Crippen LogP contribution in [0.25, 0.3) is 0 Å². The van der Waals surface area contributed by atoms with E-state index in [1.165, 1.54) is 23.3 Å². The highest BCUT2D eigenvalue weighted by Gasteiger charge is 2.18. The highest BCUT2D eigenvalue weighted by atomic mass is 32.2. The average molecular weight is 409 g/mol. The van der Waals surface area contributed by atoms with Crippen LogP contribution in [0.2, 0.25) is 0 Å². The van der Waals surface area contributed by atoms with Crippen molar-refractivity contribution in [3.63, 3.8) is 0 Å². The Bertz CT molecular complexity index is 1080. The number of hydrogen-bond donors (Lipinski definition) is 2. The van der Waals surface area contributed by atoms with Gasteiger partial charge in [0.15, 0.2) is 0 Å². The van der Waals surface area contributed by atoms with Gasteiger partial charge in [-0.1, -0.05) is 60.2 Å². The van der Waals surface area contributed by atoms with Crippen LogP contribution < -0.4 is 10.0 Å². The summed E-state index contributed by atoms with van der Waals surface area (Å²) in [7, 11) is -3.76. The van der Waals surface area contributed by atoms with E-state index < -0.39 is 10.0 Å². The number of carbonyl (C=O) groups is 1. The van der Waals surface area contributed by atoms with Crippen LogP contribution in [0.1, 0.15) is 27.9 Å². The topological polar surface area (TPSA) is 75.3 Å². The molecule has 6 heteroatoms. The lowest BCUT2D eigenvalue weighted by molar-refractivity contribution is 0.0954. The van der Waals surface area contributed by atoms with Crippen LogP contribution in [0, 0.1) is 6.92 Å². The summed E-state index contributed by atoms with van der Waals surface area (Å²) < 4.78 is 27.7. The number of anilines is 1. The Kier molecular flexibility index (Phi) is 6.67. The highest BCUT2D eigenvalue weighted by molar-refractivity contribution is 7.92. The second kappa shape index (κ2) is 9.39. The van der Waals surface area contributed by atoms with Gasteiger partial charge in [0.05, 0.1) is 16.1 Å². The zero-order valence-electron chi connectivity index (χ0n) is 16.3. The van der Waals surface area contributed by atoms with Crippen molar-refractivity contribution in [1.29, 1.82) is 0 Å². The van der Waals surface area contributed by atoms with Gasteiger partial charge >= 0.3 is 0 Å². The zero-order chi connectivity index (χ0) is 20.7.